The third-order valence-corrected chi connectivity index (χ3v) is 3.73. The molecule has 1 heteroatoms. The molecule has 1 nitrogen and oxygen atoms in total. The zero-order valence-corrected chi connectivity index (χ0v) is 10.0. The third kappa shape index (κ3) is 4.45. The van der Waals surface area contributed by atoms with Crippen molar-refractivity contribution in [3.05, 3.63) is 0 Å². The van der Waals surface area contributed by atoms with Gasteiger partial charge in [0, 0.05) is 0 Å². The molecule has 1 aliphatic rings. The molecular weight excluding hydrogens is 170 g/mol. The van der Waals surface area contributed by atoms with Gasteiger partial charge in [-0.2, -0.15) is 0 Å². The molecule has 0 bridgehead atoms. The number of hydrogen-bond donors (Lipinski definition) is 1. The Balaban J connectivity index is 2.05. The lowest BCUT2D eigenvalue weighted by atomic mass is 9.78. The van der Waals surface area contributed by atoms with Crippen LogP contribution in [0, 0.1) is 11.8 Å². The number of nitrogens with one attached hydrogen (secondary N) is 1. The van der Waals surface area contributed by atoms with Crippen molar-refractivity contribution in [3.8, 4) is 0 Å². The fourth-order valence-electron chi connectivity index (χ4n) is 2.65. The Kier molecular flexibility index (Phi) is 6.25. The maximum atomic E-state index is 3.26. The van der Waals surface area contributed by atoms with Gasteiger partial charge in [-0.05, 0) is 31.8 Å². The summed E-state index contributed by atoms with van der Waals surface area (Å²) >= 11 is 0. The molecule has 14 heavy (non-hydrogen) atoms. The summed E-state index contributed by atoms with van der Waals surface area (Å²) in [4.78, 5) is 0. The summed E-state index contributed by atoms with van der Waals surface area (Å²) in [5, 5.41) is 3.26. The monoisotopic (exact) mass is 197 g/mol. The second-order valence-electron chi connectivity index (χ2n) is 4.92. The van der Waals surface area contributed by atoms with E-state index < -0.39 is 0 Å². The predicted molar refractivity (Wildman–Crippen MR) is 63.5 cm³/mol. The largest absolute Gasteiger partial charge is 0.320 e. The first-order valence-corrected chi connectivity index (χ1v) is 6.51. The molecular formula is C13H27N. The summed E-state index contributed by atoms with van der Waals surface area (Å²) in [7, 11) is 2.06. The maximum absolute atomic E-state index is 3.26. The summed E-state index contributed by atoms with van der Waals surface area (Å²) in [6.45, 7) is 3.52. The van der Waals surface area contributed by atoms with Crippen molar-refractivity contribution in [2.45, 2.75) is 58.3 Å². The van der Waals surface area contributed by atoms with Crippen molar-refractivity contribution < 1.29 is 0 Å². The van der Waals surface area contributed by atoms with E-state index >= 15 is 0 Å². The molecule has 0 unspecified atom stereocenters. The van der Waals surface area contributed by atoms with Gasteiger partial charge in [0.15, 0.2) is 0 Å². The molecule has 0 aromatic heterocycles. The second kappa shape index (κ2) is 7.28. The SMILES string of the molecule is CCCCC1CCC(CCNC)CC1. The van der Waals surface area contributed by atoms with Crippen molar-refractivity contribution in [3.63, 3.8) is 0 Å². The van der Waals surface area contributed by atoms with Crippen LogP contribution in [0.3, 0.4) is 0 Å². The van der Waals surface area contributed by atoms with E-state index in [1.807, 2.05) is 0 Å². The molecule has 0 aromatic rings. The fraction of sp³-hybridized carbons (Fsp3) is 1.00. The first-order chi connectivity index (χ1) is 6.86. The molecule has 0 radical (unpaired) electrons. The molecule has 1 N–H and O–H groups in total. The Bertz CT molecular complexity index is 109. The molecule has 0 atom stereocenters. The molecule has 0 spiro atoms. The minimum Gasteiger partial charge on any atom is -0.320 e. The van der Waals surface area contributed by atoms with Gasteiger partial charge in [-0.25, -0.2) is 0 Å². The molecule has 84 valence electrons. The van der Waals surface area contributed by atoms with Crippen LogP contribution in [0.4, 0.5) is 0 Å². The van der Waals surface area contributed by atoms with Gasteiger partial charge in [0.1, 0.15) is 0 Å². The minimum atomic E-state index is 1.03. The second-order valence-corrected chi connectivity index (χ2v) is 4.92. The first-order valence-electron chi connectivity index (χ1n) is 6.51. The topological polar surface area (TPSA) is 12.0 Å². The van der Waals surface area contributed by atoms with E-state index in [1.54, 1.807) is 0 Å². The summed E-state index contributed by atoms with van der Waals surface area (Å²) in [6.07, 6.45) is 11.7. The van der Waals surface area contributed by atoms with Crippen molar-refractivity contribution in [2.75, 3.05) is 13.6 Å². The van der Waals surface area contributed by atoms with E-state index in [0.29, 0.717) is 0 Å². The van der Waals surface area contributed by atoms with Crippen LogP contribution < -0.4 is 5.32 Å². The molecule has 0 heterocycles. The van der Waals surface area contributed by atoms with Gasteiger partial charge in [0.2, 0.25) is 0 Å². The summed E-state index contributed by atoms with van der Waals surface area (Å²) in [5.74, 6) is 2.10. The molecule has 0 aromatic carbocycles. The van der Waals surface area contributed by atoms with Gasteiger partial charge in [-0.3, -0.25) is 0 Å². The van der Waals surface area contributed by atoms with Crippen molar-refractivity contribution >= 4 is 0 Å². The van der Waals surface area contributed by atoms with Gasteiger partial charge >= 0.3 is 0 Å². The zero-order valence-electron chi connectivity index (χ0n) is 10.0. The highest BCUT2D eigenvalue weighted by atomic mass is 14.8. The summed E-state index contributed by atoms with van der Waals surface area (Å²) in [6, 6.07) is 0. The lowest BCUT2D eigenvalue weighted by Crippen LogP contribution is -2.19. The molecule has 1 rings (SSSR count). The Labute approximate surface area is 89.7 Å². The van der Waals surface area contributed by atoms with Crippen LogP contribution in [0.1, 0.15) is 58.3 Å². The van der Waals surface area contributed by atoms with Crippen LogP contribution in [0.15, 0.2) is 0 Å². The Hall–Kier alpha value is -0.0400. The number of hydrogen-bond acceptors (Lipinski definition) is 1. The van der Waals surface area contributed by atoms with Crippen molar-refractivity contribution in [1.82, 2.24) is 5.32 Å². The van der Waals surface area contributed by atoms with E-state index in [9.17, 15) is 0 Å². The number of rotatable bonds is 6. The molecule has 0 aliphatic heterocycles. The maximum Gasteiger partial charge on any atom is -0.00493 e. The van der Waals surface area contributed by atoms with Crippen LogP contribution in [0.25, 0.3) is 0 Å². The quantitative estimate of drug-likeness (QED) is 0.686. The van der Waals surface area contributed by atoms with Crippen molar-refractivity contribution in [1.29, 1.82) is 0 Å². The molecule has 1 saturated carbocycles. The Morgan fingerprint density at radius 3 is 2.07 bits per heavy atom. The Morgan fingerprint density at radius 1 is 1.00 bits per heavy atom. The lowest BCUT2D eigenvalue weighted by Gasteiger charge is -2.28. The zero-order chi connectivity index (χ0) is 10.2. The summed E-state index contributed by atoms with van der Waals surface area (Å²) in [5.41, 5.74) is 0. The standard InChI is InChI=1S/C13H27N/c1-3-4-5-12-6-8-13(9-7-12)10-11-14-2/h12-14H,3-11H2,1-2H3. The van der Waals surface area contributed by atoms with E-state index in [1.165, 1.54) is 57.9 Å². The van der Waals surface area contributed by atoms with Crippen LogP contribution in [0.5, 0.6) is 0 Å². The van der Waals surface area contributed by atoms with Gasteiger partial charge < -0.3 is 5.32 Å². The molecule has 0 saturated heterocycles. The molecule has 1 fully saturated rings. The predicted octanol–water partition coefficient (Wildman–Crippen LogP) is 3.59. The van der Waals surface area contributed by atoms with Crippen molar-refractivity contribution in [2.24, 2.45) is 11.8 Å². The van der Waals surface area contributed by atoms with Crippen LogP contribution >= 0.6 is 0 Å². The third-order valence-electron chi connectivity index (χ3n) is 3.73. The highest BCUT2D eigenvalue weighted by Crippen LogP contribution is 2.33. The highest BCUT2D eigenvalue weighted by molar-refractivity contribution is 4.72. The smallest absolute Gasteiger partial charge is 0.00493 e. The van der Waals surface area contributed by atoms with Gasteiger partial charge in [-0.1, -0.05) is 51.9 Å². The van der Waals surface area contributed by atoms with Crippen LogP contribution in [0.2, 0.25) is 0 Å². The van der Waals surface area contributed by atoms with E-state index in [4.69, 9.17) is 0 Å². The number of unbranched alkanes of at least 4 members (excludes halogenated alkanes) is 1. The van der Waals surface area contributed by atoms with E-state index in [0.717, 1.165) is 11.8 Å². The van der Waals surface area contributed by atoms with Crippen LogP contribution in [-0.4, -0.2) is 13.6 Å². The molecule has 0 amide bonds. The van der Waals surface area contributed by atoms with Crippen LogP contribution in [-0.2, 0) is 0 Å². The van der Waals surface area contributed by atoms with Gasteiger partial charge in [0.25, 0.3) is 0 Å². The average molecular weight is 197 g/mol. The normalized spacial score (nSPS) is 27.9. The molecule has 1 aliphatic carbocycles. The minimum absolute atomic E-state index is 1.03. The Morgan fingerprint density at radius 2 is 1.57 bits per heavy atom. The van der Waals surface area contributed by atoms with Gasteiger partial charge in [0.05, 0.1) is 0 Å². The first kappa shape index (κ1) is 12.0. The van der Waals surface area contributed by atoms with E-state index in [2.05, 4.69) is 19.3 Å². The lowest BCUT2D eigenvalue weighted by molar-refractivity contribution is 0.249. The highest BCUT2D eigenvalue weighted by Gasteiger charge is 2.19. The summed E-state index contributed by atoms with van der Waals surface area (Å²) < 4.78 is 0. The van der Waals surface area contributed by atoms with Gasteiger partial charge in [-0.15, -0.1) is 0 Å². The fourth-order valence-corrected chi connectivity index (χ4v) is 2.65. The van der Waals surface area contributed by atoms with E-state index in [-0.39, 0.29) is 0 Å². The average Bonchev–Trinajstić information content (AvgIpc) is 2.25.